The second kappa shape index (κ2) is 4.14. The van der Waals surface area contributed by atoms with Crippen molar-refractivity contribution in [1.29, 1.82) is 0 Å². The van der Waals surface area contributed by atoms with Crippen molar-refractivity contribution in [1.82, 2.24) is 4.98 Å². The molecule has 0 amide bonds. The van der Waals surface area contributed by atoms with Crippen molar-refractivity contribution in [2.45, 2.75) is 0 Å². The number of benzene rings is 2. The Labute approximate surface area is 115 Å². The van der Waals surface area contributed by atoms with Crippen molar-refractivity contribution in [3.63, 3.8) is 0 Å². The van der Waals surface area contributed by atoms with Crippen LogP contribution in [0.5, 0.6) is 0 Å². The summed E-state index contributed by atoms with van der Waals surface area (Å²) in [7, 11) is 0. The molecule has 0 aliphatic heterocycles. The number of halogens is 1. The maximum absolute atomic E-state index is 6.27. The normalized spacial score (nSPS) is 10.9. The first-order chi connectivity index (χ1) is 8.84. The molecule has 0 atom stereocenters. The topological polar surface area (TPSA) is 55.9 Å². The van der Waals surface area contributed by atoms with Gasteiger partial charge in [-0.1, -0.05) is 24.3 Å². The number of para-hydroxylation sites is 2. The van der Waals surface area contributed by atoms with Crippen molar-refractivity contribution in [3.8, 4) is 0 Å². The Hall–Kier alpha value is -2.26. The van der Waals surface area contributed by atoms with Crippen LogP contribution >= 0.6 is 0 Å². The van der Waals surface area contributed by atoms with Crippen molar-refractivity contribution in [2.75, 3.05) is 5.73 Å². The molecule has 94 valence electrons. The van der Waals surface area contributed by atoms with Crippen molar-refractivity contribution < 1.29 is 17.4 Å². The minimum absolute atomic E-state index is 0. The van der Waals surface area contributed by atoms with Crippen LogP contribution in [0.4, 0.5) is 5.69 Å². The number of anilines is 1. The van der Waals surface area contributed by atoms with E-state index in [0.717, 1.165) is 33.1 Å². The van der Waals surface area contributed by atoms with Crippen LogP contribution in [-0.4, -0.2) is 4.98 Å². The van der Waals surface area contributed by atoms with E-state index in [1.165, 1.54) is 5.39 Å². The number of nitrogen functional groups attached to an aromatic ring is 1. The lowest BCUT2D eigenvalue weighted by atomic mass is 10.1. The SMILES string of the molecule is Nc1c2ccccc2[nH+]c2c1[nH]c1ccccc12.[Cl-]. The molecule has 0 saturated carbocycles. The molecule has 4 aromatic rings. The second-order valence-corrected chi connectivity index (χ2v) is 4.50. The van der Waals surface area contributed by atoms with Gasteiger partial charge in [-0.25, -0.2) is 4.98 Å². The summed E-state index contributed by atoms with van der Waals surface area (Å²) in [5.41, 5.74) is 11.3. The lowest BCUT2D eigenvalue weighted by Gasteiger charge is -1.97. The van der Waals surface area contributed by atoms with Crippen LogP contribution in [0.15, 0.2) is 48.5 Å². The van der Waals surface area contributed by atoms with Gasteiger partial charge < -0.3 is 23.1 Å². The summed E-state index contributed by atoms with van der Waals surface area (Å²) in [5, 5.41) is 2.22. The maximum atomic E-state index is 6.27. The summed E-state index contributed by atoms with van der Waals surface area (Å²) in [6.07, 6.45) is 0. The summed E-state index contributed by atoms with van der Waals surface area (Å²) in [4.78, 5) is 6.84. The van der Waals surface area contributed by atoms with E-state index in [1.807, 2.05) is 36.4 Å². The zero-order valence-corrected chi connectivity index (χ0v) is 10.8. The predicted octanol–water partition coefficient (Wildman–Crippen LogP) is -0.125. The number of hydrogen-bond acceptors (Lipinski definition) is 1. The van der Waals surface area contributed by atoms with E-state index in [4.69, 9.17) is 5.73 Å². The first kappa shape index (κ1) is 11.8. The number of H-pyrrole nitrogens is 2. The standard InChI is InChI=1S/C15H11N3.ClH/c16-13-9-5-1-3-7-11(9)17-14-10-6-2-4-8-12(10)18-15(13)14;/h1-8,18H,(H2,16,17);1H. The molecule has 0 aliphatic carbocycles. The average Bonchev–Trinajstić information content (AvgIpc) is 2.79. The van der Waals surface area contributed by atoms with Crippen LogP contribution in [-0.2, 0) is 0 Å². The van der Waals surface area contributed by atoms with E-state index in [1.54, 1.807) is 0 Å². The van der Waals surface area contributed by atoms with E-state index in [9.17, 15) is 0 Å². The monoisotopic (exact) mass is 269 g/mol. The summed E-state index contributed by atoms with van der Waals surface area (Å²) in [5.74, 6) is 0. The summed E-state index contributed by atoms with van der Waals surface area (Å²) in [6.45, 7) is 0. The highest BCUT2D eigenvalue weighted by atomic mass is 35.5. The van der Waals surface area contributed by atoms with Crippen LogP contribution in [0, 0.1) is 0 Å². The Morgan fingerprint density at radius 2 is 1.58 bits per heavy atom. The molecular formula is C15H12ClN3. The van der Waals surface area contributed by atoms with E-state index < -0.39 is 0 Å². The molecule has 3 nitrogen and oxygen atoms in total. The van der Waals surface area contributed by atoms with Crippen LogP contribution < -0.4 is 23.1 Å². The van der Waals surface area contributed by atoms with Crippen molar-refractivity contribution in [3.05, 3.63) is 48.5 Å². The molecule has 0 spiro atoms. The summed E-state index contributed by atoms with van der Waals surface area (Å²) in [6, 6.07) is 16.3. The number of hydrogen-bond donors (Lipinski definition) is 2. The van der Waals surface area contributed by atoms with Crippen molar-refractivity contribution >= 4 is 38.5 Å². The lowest BCUT2D eigenvalue weighted by Crippen LogP contribution is -3.00. The van der Waals surface area contributed by atoms with Gasteiger partial charge >= 0.3 is 0 Å². The van der Waals surface area contributed by atoms with E-state index in [2.05, 4.69) is 22.1 Å². The number of rotatable bonds is 0. The first-order valence-electron chi connectivity index (χ1n) is 5.94. The van der Waals surface area contributed by atoms with Gasteiger partial charge in [0.15, 0.2) is 0 Å². The zero-order valence-electron chi connectivity index (χ0n) is 10.1. The smallest absolute Gasteiger partial charge is 0.239 e. The predicted molar refractivity (Wildman–Crippen MR) is 74.3 cm³/mol. The minimum Gasteiger partial charge on any atom is -1.00 e. The highest BCUT2D eigenvalue weighted by molar-refractivity contribution is 6.12. The van der Waals surface area contributed by atoms with Gasteiger partial charge in [-0.05, 0) is 18.2 Å². The molecule has 2 heterocycles. The Bertz CT molecular complexity index is 896. The average molecular weight is 270 g/mol. The maximum Gasteiger partial charge on any atom is 0.239 e. The number of aromatic amines is 2. The van der Waals surface area contributed by atoms with Crippen LogP contribution in [0.1, 0.15) is 0 Å². The van der Waals surface area contributed by atoms with Gasteiger partial charge in [0.1, 0.15) is 5.52 Å². The number of pyridine rings is 1. The Kier molecular flexibility index (Phi) is 2.57. The number of fused-ring (bicyclic) bond motifs is 4. The molecule has 2 aromatic heterocycles. The third kappa shape index (κ3) is 1.55. The summed E-state index contributed by atoms with van der Waals surface area (Å²) >= 11 is 0. The lowest BCUT2D eigenvalue weighted by molar-refractivity contribution is -0.308. The van der Waals surface area contributed by atoms with Gasteiger partial charge in [0.2, 0.25) is 11.0 Å². The highest BCUT2D eigenvalue weighted by Gasteiger charge is 2.16. The molecule has 19 heavy (non-hydrogen) atoms. The molecule has 0 aliphatic rings. The van der Waals surface area contributed by atoms with E-state index >= 15 is 0 Å². The molecule has 4 heteroatoms. The Balaban J connectivity index is 0.00000110. The molecule has 0 radical (unpaired) electrons. The molecule has 0 unspecified atom stereocenters. The first-order valence-corrected chi connectivity index (χ1v) is 5.94. The highest BCUT2D eigenvalue weighted by Crippen LogP contribution is 2.29. The Morgan fingerprint density at radius 3 is 2.42 bits per heavy atom. The van der Waals surface area contributed by atoms with Gasteiger partial charge in [0, 0.05) is 6.07 Å². The van der Waals surface area contributed by atoms with Gasteiger partial charge in [-0.15, -0.1) is 0 Å². The van der Waals surface area contributed by atoms with Gasteiger partial charge in [0.05, 0.1) is 22.0 Å². The third-order valence-electron chi connectivity index (χ3n) is 3.45. The largest absolute Gasteiger partial charge is 1.00 e. The molecule has 4 rings (SSSR count). The van der Waals surface area contributed by atoms with Crippen molar-refractivity contribution in [2.24, 2.45) is 0 Å². The summed E-state index contributed by atoms with van der Waals surface area (Å²) < 4.78 is 0. The quantitative estimate of drug-likeness (QED) is 0.459. The fourth-order valence-corrected chi connectivity index (χ4v) is 2.57. The minimum atomic E-state index is 0. The fourth-order valence-electron chi connectivity index (χ4n) is 2.57. The Morgan fingerprint density at radius 1 is 0.895 bits per heavy atom. The fraction of sp³-hybridized carbons (Fsp3) is 0. The van der Waals surface area contributed by atoms with Crippen LogP contribution in [0.3, 0.4) is 0 Å². The van der Waals surface area contributed by atoms with E-state index in [-0.39, 0.29) is 12.4 Å². The van der Waals surface area contributed by atoms with Crippen LogP contribution in [0.25, 0.3) is 32.8 Å². The second-order valence-electron chi connectivity index (χ2n) is 4.50. The molecule has 0 saturated heterocycles. The molecule has 4 N–H and O–H groups in total. The molecular weight excluding hydrogens is 258 g/mol. The number of nitrogens with two attached hydrogens (primary N) is 1. The van der Waals surface area contributed by atoms with E-state index in [0.29, 0.717) is 0 Å². The molecule has 2 aromatic carbocycles. The zero-order chi connectivity index (χ0) is 12.1. The number of aromatic nitrogens is 2. The van der Waals surface area contributed by atoms with Gasteiger partial charge in [-0.3, -0.25) is 0 Å². The van der Waals surface area contributed by atoms with Gasteiger partial charge in [0.25, 0.3) is 0 Å². The molecule has 0 bridgehead atoms. The third-order valence-corrected chi connectivity index (χ3v) is 3.45. The van der Waals surface area contributed by atoms with Crippen LogP contribution in [0.2, 0.25) is 0 Å². The molecule has 0 fully saturated rings. The van der Waals surface area contributed by atoms with Gasteiger partial charge in [-0.2, -0.15) is 0 Å². The number of nitrogens with one attached hydrogen (secondary N) is 2.